The van der Waals surface area contributed by atoms with Crippen LogP contribution in [0.4, 0.5) is 0 Å². The van der Waals surface area contributed by atoms with Crippen LogP contribution in [-0.2, 0) is 14.3 Å². The highest BCUT2D eigenvalue weighted by atomic mass is 16.6. The van der Waals surface area contributed by atoms with Gasteiger partial charge in [-0.15, -0.1) is 0 Å². The molecule has 1 saturated heterocycles. The molecule has 3 heteroatoms. The van der Waals surface area contributed by atoms with Gasteiger partial charge in [0.2, 0.25) is 0 Å². The van der Waals surface area contributed by atoms with E-state index in [1.807, 2.05) is 0 Å². The maximum Gasteiger partial charge on any atom is 0.192 e. The second kappa shape index (κ2) is 3.37. The van der Waals surface area contributed by atoms with Crippen LogP contribution >= 0.6 is 0 Å². The standard InChI is InChI=1S/C9H14O3/c1-7(2)8(10)9(11-3)4-5-12-6-9/h1,4-6H2,2-3H3. The van der Waals surface area contributed by atoms with Gasteiger partial charge in [-0.3, -0.25) is 4.79 Å². The van der Waals surface area contributed by atoms with E-state index in [0.717, 1.165) is 0 Å². The summed E-state index contributed by atoms with van der Waals surface area (Å²) >= 11 is 0. The van der Waals surface area contributed by atoms with Crippen molar-refractivity contribution in [2.45, 2.75) is 18.9 Å². The number of methoxy groups -OCH3 is 1. The minimum absolute atomic E-state index is 0.0394. The Kier molecular flexibility index (Phi) is 2.65. The molecule has 1 aliphatic rings. The van der Waals surface area contributed by atoms with Crippen molar-refractivity contribution < 1.29 is 14.3 Å². The molecule has 0 spiro atoms. The van der Waals surface area contributed by atoms with Crippen molar-refractivity contribution in [3.63, 3.8) is 0 Å². The number of rotatable bonds is 3. The van der Waals surface area contributed by atoms with Crippen LogP contribution < -0.4 is 0 Å². The van der Waals surface area contributed by atoms with Crippen molar-refractivity contribution in [2.24, 2.45) is 0 Å². The number of Topliss-reactive ketones (excluding diaryl/α,β-unsaturated/α-hetero) is 1. The summed E-state index contributed by atoms with van der Waals surface area (Å²) in [6.07, 6.45) is 0.634. The lowest BCUT2D eigenvalue weighted by atomic mass is 9.93. The van der Waals surface area contributed by atoms with Crippen LogP contribution in [0.5, 0.6) is 0 Å². The predicted octanol–water partition coefficient (Wildman–Crippen LogP) is 0.937. The molecular formula is C9H14O3. The molecule has 1 unspecified atom stereocenters. The maximum absolute atomic E-state index is 11.6. The van der Waals surface area contributed by atoms with Gasteiger partial charge in [0, 0.05) is 13.5 Å². The molecule has 0 N–H and O–H groups in total. The van der Waals surface area contributed by atoms with Crippen LogP contribution in [0.1, 0.15) is 13.3 Å². The van der Waals surface area contributed by atoms with Gasteiger partial charge in [-0.25, -0.2) is 0 Å². The molecule has 0 bridgehead atoms. The van der Waals surface area contributed by atoms with Crippen LogP contribution in [0.2, 0.25) is 0 Å². The average Bonchev–Trinajstić information content (AvgIpc) is 2.52. The van der Waals surface area contributed by atoms with Crippen LogP contribution in [0.25, 0.3) is 0 Å². The summed E-state index contributed by atoms with van der Waals surface area (Å²) in [5, 5.41) is 0. The minimum atomic E-state index is -0.744. The zero-order valence-corrected chi connectivity index (χ0v) is 7.55. The van der Waals surface area contributed by atoms with Crippen molar-refractivity contribution in [1.29, 1.82) is 0 Å². The van der Waals surface area contributed by atoms with Gasteiger partial charge in [0.25, 0.3) is 0 Å². The Morgan fingerprint density at radius 3 is 2.67 bits per heavy atom. The zero-order chi connectivity index (χ0) is 9.19. The van der Waals surface area contributed by atoms with Crippen molar-refractivity contribution in [2.75, 3.05) is 20.3 Å². The number of ketones is 1. The summed E-state index contributed by atoms with van der Waals surface area (Å²) in [7, 11) is 1.54. The molecule has 0 aromatic rings. The smallest absolute Gasteiger partial charge is 0.192 e. The van der Waals surface area contributed by atoms with Crippen molar-refractivity contribution in [3.8, 4) is 0 Å². The molecule has 0 aromatic carbocycles. The molecule has 1 heterocycles. The van der Waals surface area contributed by atoms with Crippen molar-refractivity contribution in [3.05, 3.63) is 12.2 Å². The lowest BCUT2D eigenvalue weighted by Gasteiger charge is -2.23. The molecule has 1 aliphatic heterocycles. The van der Waals surface area contributed by atoms with Gasteiger partial charge in [0.15, 0.2) is 11.4 Å². The van der Waals surface area contributed by atoms with E-state index in [-0.39, 0.29) is 5.78 Å². The summed E-state index contributed by atoms with van der Waals surface area (Å²) in [6.45, 7) is 6.25. The van der Waals surface area contributed by atoms with E-state index in [1.54, 1.807) is 6.92 Å². The molecule has 3 nitrogen and oxygen atoms in total. The zero-order valence-electron chi connectivity index (χ0n) is 7.55. The lowest BCUT2D eigenvalue weighted by Crippen LogP contribution is -2.41. The third kappa shape index (κ3) is 1.42. The summed E-state index contributed by atoms with van der Waals surface area (Å²) in [5.74, 6) is -0.0394. The molecule has 0 amide bonds. The highest BCUT2D eigenvalue weighted by Crippen LogP contribution is 2.25. The largest absolute Gasteiger partial charge is 0.378 e. The Morgan fingerprint density at radius 1 is 1.67 bits per heavy atom. The second-order valence-electron chi connectivity index (χ2n) is 3.11. The first-order valence-electron chi connectivity index (χ1n) is 3.95. The molecular weight excluding hydrogens is 156 g/mol. The van der Waals surface area contributed by atoms with Crippen molar-refractivity contribution in [1.82, 2.24) is 0 Å². The summed E-state index contributed by atoms with van der Waals surface area (Å²) < 4.78 is 10.3. The maximum atomic E-state index is 11.6. The third-order valence-corrected chi connectivity index (χ3v) is 2.18. The van der Waals surface area contributed by atoms with Crippen LogP contribution in [0.3, 0.4) is 0 Å². The molecule has 1 rings (SSSR count). The Hall–Kier alpha value is -0.670. The van der Waals surface area contributed by atoms with Gasteiger partial charge in [0.1, 0.15) is 0 Å². The average molecular weight is 170 g/mol. The molecule has 0 aromatic heterocycles. The minimum Gasteiger partial charge on any atom is -0.378 e. The second-order valence-corrected chi connectivity index (χ2v) is 3.11. The number of carbonyl (C=O) groups is 1. The fraction of sp³-hybridized carbons (Fsp3) is 0.667. The fourth-order valence-corrected chi connectivity index (χ4v) is 1.37. The first-order chi connectivity index (χ1) is 5.62. The number of hydrogen-bond donors (Lipinski definition) is 0. The fourth-order valence-electron chi connectivity index (χ4n) is 1.37. The van der Waals surface area contributed by atoms with Gasteiger partial charge in [-0.2, -0.15) is 0 Å². The topological polar surface area (TPSA) is 35.5 Å². The van der Waals surface area contributed by atoms with E-state index in [2.05, 4.69) is 6.58 Å². The van der Waals surface area contributed by atoms with E-state index in [0.29, 0.717) is 25.2 Å². The summed E-state index contributed by atoms with van der Waals surface area (Å²) in [4.78, 5) is 11.6. The molecule has 0 radical (unpaired) electrons. The predicted molar refractivity (Wildman–Crippen MR) is 45.0 cm³/mol. The Balaban J connectivity index is 2.79. The van der Waals surface area contributed by atoms with E-state index < -0.39 is 5.60 Å². The number of hydrogen-bond acceptors (Lipinski definition) is 3. The van der Waals surface area contributed by atoms with Gasteiger partial charge < -0.3 is 9.47 Å². The van der Waals surface area contributed by atoms with Crippen molar-refractivity contribution >= 4 is 5.78 Å². The molecule has 68 valence electrons. The monoisotopic (exact) mass is 170 g/mol. The van der Waals surface area contributed by atoms with Crippen LogP contribution in [0, 0.1) is 0 Å². The van der Waals surface area contributed by atoms with E-state index >= 15 is 0 Å². The Morgan fingerprint density at radius 2 is 2.33 bits per heavy atom. The van der Waals surface area contributed by atoms with Crippen LogP contribution in [-0.4, -0.2) is 31.7 Å². The summed E-state index contributed by atoms with van der Waals surface area (Å²) in [5.41, 5.74) is -0.214. The summed E-state index contributed by atoms with van der Waals surface area (Å²) in [6, 6.07) is 0. The Bertz CT molecular complexity index is 202. The van der Waals surface area contributed by atoms with Gasteiger partial charge >= 0.3 is 0 Å². The van der Waals surface area contributed by atoms with Gasteiger partial charge in [0.05, 0.1) is 13.2 Å². The first-order valence-corrected chi connectivity index (χ1v) is 3.95. The van der Waals surface area contributed by atoms with E-state index in [9.17, 15) is 4.79 Å². The van der Waals surface area contributed by atoms with Crippen LogP contribution in [0.15, 0.2) is 12.2 Å². The first kappa shape index (κ1) is 9.42. The highest BCUT2D eigenvalue weighted by molar-refractivity contribution is 6.01. The molecule has 12 heavy (non-hydrogen) atoms. The number of ether oxygens (including phenoxy) is 2. The van der Waals surface area contributed by atoms with Gasteiger partial charge in [-0.05, 0) is 12.5 Å². The molecule has 1 fully saturated rings. The lowest BCUT2D eigenvalue weighted by molar-refractivity contribution is -0.136. The quantitative estimate of drug-likeness (QED) is 0.591. The Labute approximate surface area is 72.4 Å². The van der Waals surface area contributed by atoms with E-state index in [1.165, 1.54) is 7.11 Å². The normalized spacial score (nSPS) is 28.8. The van der Waals surface area contributed by atoms with Gasteiger partial charge in [-0.1, -0.05) is 6.58 Å². The highest BCUT2D eigenvalue weighted by Gasteiger charge is 2.42. The number of carbonyl (C=O) groups excluding carboxylic acids is 1. The SMILES string of the molecule is C=C(C)C(=O)C1(OC)CCOC1. The molecule has 0 saturated carbocycles. The molecule has 0 aliphatic carbocycles. The van der Waals surface area contributed by atoms with E-state index in [4.69, 9.17) is 9.47 Å². The third-order valence-electron chi connectivity index (χ3n) is 2.18. The molecule has 1 atom stereocenters.